The van der Waals surface area contributed by atoms with Gasteiger partial charge in [-0.3, -0.25) is 15.2 Å². The van der Waals surface area contributed by atoms with Crippen molar-refractivity contribution in [2.75, 3.05) is 11.9 Å². The maximum Gasteiger partial charge on any atom is 0.272 e. The summed E-state index contributed by atoms with van der Waals surface area (Å²) in [5.74, 6) is 0. The molecule has 0 fully saturated rings. The maximum absolute atomic E-state index is 11.0. The van der Waals surface area contributed by atoms with Crippen molar-refractivity contribution in [2.24, 2.45) is 5.41 Å². The van der Waals surface area contributed by atoms with E-state index in [4.69, 9.17) is 11.6 Å². The van der Waals surface area contributed by atoms with E-state index in [1.807, 2.05) is 0 Å². The van der Waals surface area contributed by atoms with Gasteiger partial charge in [0.15, 0.2) is 0 Å². The Hall–Kier alpha value is -1.82. The van der Waals surface area contributed by atoms with Gasteiger partial charge in [0, 0.05) is 24.1 Å². The number of fused-ring (bicyclic) bond motifs is 1. The molecule has 0 atom stereocenters. The first-order valence-electron chi connectivity index (χ1n) is 6.34. The minimum Gasteiger partial charge on any atom is -0.383 e. The highest BCUT2D eigenvalue weighted by atomic mass is 35.5. The van der Waals surface area contributed by atoms with Crippen molar-refractivity contribution in [1.29, 1.82) is 0 Å². The van der Waals surface area contributed by atoms with Crippen LogP contribution in [0, 0.1) is 15.5 Å². The van der Waals surface area contributed by atoms with Crippen LogP contribution in [0.1, 0.15) is 27.2 Å². The fraction of sp³-hybridized carbons (Fsp3) is 0.462. The third kappa shape index (κ3) is 3.19. The molecule has 2 rings (SSSR count). The van der Waals surface area contributed by atoms with Crippen LogP contribution in [0.15, 0.2) is 12.1 Å². The predicted octanol–water partition coefficient (Wildman–Crippen LogP) is 3.97. The highest BCUT2D eigenvalue weighted by molar-refractivity contribution is 6.34. The maximum atomic E-state index is 11.0. The van der Waals surface area contributed by atoms with E-state index < -0.39 is 4.92 Å². The molecule has 1 aromatic heterocycles. The minimum atomic E-state index is -0.433. The molecule has 2 aromatic rings. The Kier molecular flexibility index (Phi) is 3.85. The highest BCUT2D eigenvalue weighted by Gasteiger charge is 2.16. The van der Waals surface area contributed by atoms with E-state index in [1.165, 1.54) is 12.1 Å². The number of hydrogen-bond acceptors (Lipinski definition) is 4. The van der Waals surface area contributed by atoms with Crippen molar-refractivity contribution < 1.29 is 4.92 Å². The molecule has 1 heterocycles. The SMILES string of the molecule is CC(C)(C)CCNc1cc([N+](=O)[O-])cc2c(Cl)[nH]nc12. The summed E-state index contributed by atoms with van der Waals surface area (Å²) in [6, 6.07) is 2.91. The molecule has 0 spiro atoms. The second-order valence-corrected chi connectivity index (χ2v) is 6.30. The van der Waals surface area contributed by atoms with Crippen LogP contribution in [0.5, 0.6) is 0 Å². The number of aromatic amines is 1. The third-order valence-corrected chi connectivity index (χ3v) is 3.29. The Bertz CT molecular complexity index is 646. The van der Waals surface area contributed by atoms with Crippen LogP contribution in [0.4, 0.5) is 11.4 Å². The van der Waals surface area contributed by atoms with Crippen LogP contribution in [-0.2, 0) is 0 Å². The lowest BCUT2D eigenvalue weighted by Crippen LogP contribution is -2.13. The summed E-state index contributed by atoms with van der Waals surface area (Å²) in [5, 5.41) is 21.8. The van der Waals surface area contributed by atoms with Crippen LogP contribution in [0.3, 0.4) is 0 Å². The number of H-pyrrole nitrogens is 1. The van der Waals surface area contributed by atoms with Crippen LogP contribution in [-0.4, -0.2) is 21.7 Å². The molecule has 108 valence electrons. The van der Waals surface area contributed by atoms with Gasteiger partial charge in [-0.25, -0.2) is 0 Å². The quantitative estimate of drug-likeness (QED) is 0.660. The molecule has 1 aromatic carbocycles. The van der Waals surface area contributed by atoms with Gasteiger partial charge in [0.05, 0.1) is 10.6 Å². The number of benzene rings is 1. The van der Waals surface area contributed by atoms with Gasteiger partial charge < -0.3 is 5.32 Å². The Morgan fingerprint density at radius 3 is 2.75 bits per heavy atom. The number of halogens is 1. The van der Waals surface area contributed by atoms with Gasteiger partial charge in [-0.15, -0.1) is 0 Å². The van der Waals surface area contributed by atoms with Gasteiger partial charge in [-0.05, 0) is 11.8 Å². The van der Waals surface area contributed by atoms with Gasteiger partial charge in [0.25, 0.3) is 5.69 Å². The Balaban J connectivity index is 2.33. The van der Waals surface area contributed by atoms with Crippen molar-refractivity contribution in [1.82, 2.24) is 10.2 Å². The topological polar surface area (TPSA) is 83.9 Å². The summed E-state index contributed by atoms with van der Waals surface area (Å²) < 4.78 is 0. The average molecular weight is 297 g/mol. The van der Waals surface area contributed by atoms with Gasteiger partial charge in [-0.1, -0.05) is 32.4 Å². The fourth-order valence-corrected chi connectivity index (χ4v) is 2.07. The number of nitrogens with zero attached hydrogens (tertiary/aromatic N) is 2. The number of rotatable bonds is 4. The van der Waals surface area contributed by atoms with Crippen LogP contribution >= 0.6 is 11.6 Å². The summed E-state index contributed by atoms with van der Waals surface area (Å²) in [4.78, 5) is 10.5. The number of non-ortho nitro benzene ring substituents is 1. The second-order valence-electron chi connectivity index (χ2n) is 5.92. The van der Waals surface area contributed by atoms with E-state index >= 15 is 0 Å². The first-order valence-corrected chi connectivity index (χ1v) is 6.71. The molecular formula is C13H17ClN4O2. The summed E-state index contributed by atoms with van der Waals surface area (Å²) in [7, 11) is 0. The van der Waals surface area contributed by atoms with Crippen LogP contribution < -0.4 is 5.32 Å². The summed E-state index contributed by atoms with van der Waals surface area (Å²) in [5.41, 5.74) is 1.44. The summed E-state index contributed by atoms with van der Waals surface area (Å²) in [6.07, 6.45) is 0.940. The van der Waals surface area contributed by atoms with Crippen molar-refractivity contribution in [3.8, 4) is 0 Å². The number of nitro groups is 1. The van der Waals surface area contributed by atoms with Gasteiger partial charge >= 0.3 is 0 Å². The van der Waals surface area contributed by atoms with Crippen molar-refractivity contribution in [2.45, 2.75) is 27.2 Å². The van der Waals surface area contributed by atoms with E-state index in [2.05, 4.69) is 36.3 Å². The lowest BCUT2D eigenvalue weighted by molar-refractivity contribution is -0.384. The molecule has 20 heavy (non-hydrogen) atoms. The number of nitrogens with one attached hydrogen (secondary N) is 2. The van der Waals surface area contributed by atoms with Crippen LogP contribution in [0.25, 0.3) is 10.9 Å². The molecule has 0 aliphatic rings. The van der Waals surface area contributed by atoms with Gasteiger partial charge in [0.1, 0.15) is 10.7 Å². The van der Waals surface area contributed by atoms with E-state index in [9.17, 15) is 10.1 Å². The second kappa shape index (κ2) is 5.28. The monoisotopic (exact) mass is 296 g/mol. The van der Waals surface area contributed by atoms with E-state index in [1.54, 1.807) is 0 Å². The molecule has 0 radical (unpaired) electrons. The normalized spacial score (nSPS) is 11.8. The van der Waals surface area contributed by atoms with Crippen LogP contribution in [0.2, 0.25) is 5.15 Å². The summed E-state index contributed by atoms with van der Waals surface area (Å²) >= 11 is 5.96. The molecule has 0 saturated heterocycles. The van der Waals surface area contributed by atoms with Gasteiger partial charge in [0.2, 0.25) is 0 Å². The molecule has 2 N–H and O–H groups in total. The molecule has 0 aliphatic heterocycles. The molecule has 0 aliphatic carbocycles. The van der Waals surface area contributed by atoms with E-state index in [0.29, 0.717) is 28.3 Å². The lowest BCUT2D eigenvalue weighted by Gasteiger charge is -2.18. The molecule has 0 bridgehead atoms. The largest absolute Gasteiger partial charge is 0.383 e. The lowest BCUT2D eigenvalue weighted by atomic mass is 9.92. The first-order chi connectivity index (χ1) is 9.28. The molecule has 0 unspecified atom stereocenters. The number of nitro benzene ring substituents is 1. The summed E-state index contributed by atoms with van der Waals surface area (Å²) in [6.45, 7) is 7.14. The number of aromatic nitrogens is 2. The first kappa shape index (κ1) is 14.6. The smallest absolute Gasteiger partial charge is 0.272 e. The van der Waals surface area contributed by atoms with Crippen molar-refractivity contribution in [3.05, 3.63) is 27.4 Å². The molecular weight excluding hydrogens is 280 g/mol. The zero-order valence-electron chi connectivity index (χ0n) is 11.7. The third-order valence-electron chi connectivity index (χ3n) is 3.00. The Morgan fingerprint density at radius 1 is 1.45 bits per heavy atom. The molecule has 6 nitrogen and oxygen atoms in total. The Morgan fingerprint density at radius 2 is 2.15 bits per heavy atom. The standard InChI is InChI=1S/C13H17ClN4O2/c1-13(2,3)4-5-15-10-7-8(18(19)20)6-9-11(10)16-17-12(9)14/h6-7,15H,4-5H2,1-3H3,(H,16,17). The molecule has 0 saturated carbocycles. The Labute approximate surface area is 121 Å². The fourth-order valence-electron chi connectivity index (χ4n) is 1.88. The molecule has 0 amide bonds. The minimum absolute atomic E-state index is 0.000872. The van der Waals surface area contributed by atoms with Crippen molar-refractivity contribution in [3.63, 3.8) is 0 Å². The van der Waals surface area contributed by atoms with Crippen molar-refractivity contribution >= 4 is 33.9 Å². The van der Waals surface area contributed by atoms with E-state index in [-0.39, 0.29) is 11.1 Å². The zero-order valence-corrected chi connectivity index (χ0v) is 12.4. The average Bonchev–Trinajstić information content (AvgIpc) is 2.69. The van der Waals surface area contributed by atoms with E-state index in [0.717, 1.165) is 6.42 Å². The van der Waals surface area contributed by atoms with Gasteiger partial charge in [-0.2, -0.15) is 5.10 Å². The molecule has 7 heteroatoms. The number of anilines is 1. The zero-order chi connectivity index (χ0) is 14.9. The predicted molar refractivity (Wildman–Crippen MR) is 80.3 cm³/mol. The number of hydrogen-bond donors (Lipinski definition) is 2. The highest BCUT2D eigenvalue weighted by Crippen LogP contribution is 2.32.